The van der Waals surface area contributed by atoms with Crippen LogP contribution in [0.15, 0.2) is 24.3 Å². The van der Waals surface area contributed by atoms with E-state index in [4.69, 9.17) is 19.4 Å². The Bertz CT molecular complexity index is 1020. The molecule has 1 amide bonds. The Morgan fingerprint density at radius 3 is 2.39 bits per heavy atom. The predicted molar refractivity (Wildman–Crippen MR) is 152 cm³/mol. The minimum Gasteiger partial charge on any atom is -0.496 e. The number of unbranched alkanes of at least 4 members (excludes halogenated alkanes) is 8. The quantitative estimate of drug-likeness (QED) is 0.296. The summed E-state index contributed by atoms with van der Waals surface area (Å²) in [5, 5.41) is 0. The van der Waals surface area contributed by atoms with Crippen LogP contribution >= 0.6 is 0 Å². The lowest BCUT2D eigenvalue weighted by molar-refractivity contribution is -0.132. The molecule has 7 heteroatoms. The topological polar surface area (TPSA) is 67.8 Å². The summed E-state index contributed by atoms with van der Waals surface area (Å²) in [6.45, 7) is 6.61. The molecule has 0 spiro atoms. The number of para-hydroxylation sites is 1. The van der Waals surface area contributed by atoms with Gasteiger partial charge in [-0.15, -0.1) is 0 Å². The highest BCUT2D eigenvalue weighted by molar-refractivity contribution is 5.76. The Morgan fingerprint density at radius 2 is 1.66 bits per heavy atom. The molecule has 0 unspecified atom stereocenters. The van der Waals surface area contributed by atoms with Gasteiger partial charge in [-0.3, -0.25) is 4.79 Å². The standard InChI is InChI=1S/C31H46N4O3/c1-3-4-5-6-7-8-9-10-11-16-30(36)35-18-17-27-26(24-35)31(34-19-21-38-22-20-34)33-29(32-27)23-25-14-12-13-15-28(25)37-2/h12-15H,3-11,16-24H2,1-2H3. The summed E-state index contributed by atoms with van der Waals surface area (Å²) in [4.78, 5) is 27.5. The highest BCUT2D eigenvalue weighted by atomic mass is 16.5. The first kappa shape index (κ1) is 28.3. The molecule has 0 bridgehead atoms. The van der Waals surface area contributed by atoms with Gasteiger partial charge in [0.15, 0.2) is 0 Å². The van der Waals surface area contributed by atoms with Crippen molar-refractivity contribution < 1.29 is 14.3 Å². The van der Waals surface area contributed by atoms with E-state index >= 15 is 0 Å². The predicted octanol–water partition coefficient (Wildman–Crippen LogP) is 5.72. The van der Waals surface area contributed by atoms with Crippen molar-refractivity contribution in [1.82, 2.24) is 14.9 Å². The number of carbonyl (C=O) groups excluding carboxylic acids is 1. The molecule has 3 heterocycles. The smallest absolute Gasteiger partial charge is 0.222 e. The molecule has 2 aliphatic heterocycles. The zero-order valence-electron chi connectivity index (χ0n) is 23.6. The molecule has 0 saturated carbocycles. The van der Waals surface area contributed by atoms with Crippen molar-refractivity contribution in [3.8, 4) is 5.75 Å². The third kappa shape index (κ3) is 7.92. The van der Waals surface area contributed by atoms with Gasteiger partial charge < -0.3 is 19.3 Å². The van der Waals surface area contributed by atoms with Crippen molar-refractivity contribution in [1.29, 1.82) is 0 Å². The van der Waals surface area contributed by atoms with Crippen molar-refractivity contribution in [3.05, 3.63) is 46.9 Å². The minimum absolute atomic E-state index is 0.268. The molecule has 0 atom stereocenters. The first-order chi connectivity index (χ1) is 18.7. The van der Waals surface area contributed by atoms with E-state index in [-0.39, 0.29) is 5.91 Å². The van der Waals surface area contributed by atoms with E-state index in [1.807, 2.05) is 23.1 Å². The van der Waals surface area contributed by atoms with E-state index in [2.05, 4.69) is 17.9 Å². The lowest BCUT2D eigenvalue weighted by Crippen LogP contribution is -2.41. The number of rotatable bonds is 14. The number of anilines is 1. The number of nitrogens with zero attached hydrogens (tertiary/aromatic N) is 4. The summed E-state index contributed by atoms with van der Waals surface area (Å²) >= 11 is 0. The lowest BCUT2D eigenvalue weighted by atomic mass is 10.0. The van der Waals surface area contributed by atoms with Crippen LogP contribution in [0.4, 0.5) is 5.82 Å². The van der Waals surface area contributed by atoms with Crippen LogP contribution < -0.4 is 9.64 Å². The fourth-order valence-corrected chi connectivity index (χ4v) is 5.54. The third-order valence-corrected chi connectivity index (χ3v) is 7.78. The first-order valence-corrected chi connectivity index (χ1v) is 14.8. The highest BCUT2D eigenvalue weighted by Crippen LogP contribution is 2.29. The number of fused-ring (bicyclic) bond motifs is 1. The summed E-state index contributed by atoms with van der Waals surface area (Å²) in [6.07, 6.45) is 13.4. The van der Waals surface area contributed by atoms with Gasteiger partial charge in [-0.2, -0.15) is 0 Å². The number of morpholine rings is 1. The van der Waals surface area contributed by atoms with Crippen LogP contribution in [0.25, 0.3) is 0 Å². The molecule has 2 aromatic rings. The maximum atomic E-state index is 13.1. The summed E-state index contributed by atoms with van der Waals surface area (Å²) in [5.41, 5.74) is 3.28. The van der Waals surface area contributed by atoms with Crippen LogP contribution in [0.3, 0.4) is 0 Å². The third-order valence-electron chi connectivity index (χ3n) is 7.78. The molecule has 7 nitrogen and oxygen atoms in total. The molecule has 2 aliphatic rings. The van der Waals surface area contributed by atoms with Crippen LogP contribution in [0.2, 0.25) is 0 Å². The van der Waals surface area contributed by atoms with E-state index in [1.165, 1.54) is 44.9 Å². The van der Waals surface area contributed by atoms with E-state index in [0.29, 0.717) is 32.6 Å². The number of methoxy groups -OCH3 is 1. The van der Waals surface area contributed by atoms with Crippen molar-refractivity contribution >= 4 is 11.7 Å². The number of hydrogen-bond donors (Lipinski definition) is 0. The van der Waals surface area contributed by atoms with E-state index < -0.39 is 0 Å². The van der Waals surface area contributed by atoms with E-state index in [9.17, 15) is 4.79 Å². The SMILES string of the molecule is CCCCCCCCCCCC(=O)N1CCc2nc(Cc3ccccc3OC)nc(N3CCOCC3)c2C1. The van der Waals surface area contributed by atoms with Crippen LogP contribution in [0.1, 0.15) is 93.8 Å². The van der Waals surface area contributed by atoms with Crippen molar-refractivity contribution in [2.75, 3.05) is 44.9 Å². The number of aromatic nitrogens is 2. The molecule has 1 aromatic carbocycles. The van der Waals surface area contributed by atoms with Crippen LogP contribution in [-0.2, 0) is 28.9 Å². The molecule has 0 N–H and O–H groups in total. The first-order valence-electron chi connectivity index (χ1n) is 14.8. The normalized spacial score (nSPS) is 15.4. The highest BCUT2D eigenvalue weighted by Gasteiger charge is 2.28. The lowest BCUT2D eigenvalue weighted by Gasteiger charge is -2.34. The van der Waals surface area contributed by atoms with Crippen molar-refractivity contribution in [2.24, 2.45) is 0 Å². The molecule has 38 heavy (non-hydrogen) atoms. The Labute approximate surface area is 228 Å². The summed E-state index contributed by atoms with van der Waals surface area (Å²) in [6, 6.07) is 8.06. The van der Waals surface area contributed by atoms with Gasteiger partial charge in [-0.05, 0) is 12.5 Å². The Morgan fingerprint density at radius 1 is 0.947 bits per heavy atom. The van der Waals surface area contributed by atoms with E-state index in [0.717, 1.165) is 73.1 Å². The van der Waals surface area contributed by atoms with Crippen molar-refractivity contribution in [2.45, 2.75) is 90.5 Å². The van der Waals surface area contributed by atoms with Gasteiger partial charge in [-0.1, -0.05) is 76.5 Å². The molecular formula is C31H46N4O3. The Hall–Kier alpha value is -2.67. The average molecular weight is 523 g/mol. The number of benzene rings is 1. The Kier molecular flexibility index (Phi) is 11.2. The maximum absolute atomic E-state index is 13.1. The Balaban J connectivity index is 1.38. The molecule has 0 radical (unpaired) electrons. The minimum atomic E-state index is 0.268. The van der Waals surface area contributed by atoms with Crippen LogP contribution in [0, 0.1) is 0 Å². The fourth-order valence-electron chi connectivity index (χ4n) is 5.54. The van der Waals surface area contributed by atoms with Gasteiger partial charge in [0.25, 0.3) is 0 Å². The van der Waals surface area contributed by atoms with Crippen LogP contribution in [0.5, 0.6) is 5.75 Å². The average Bonchev–Trinajstić information content (AvgIpc) is 2.96. The fraction of sp³-hybridized carbons (Fsp3) is 0.645. The molecule has 0 aliphatic carbocycles. The summed E-state index contributed by atoms with van der Waals surface area (Å²) < 4.78 is 11.2. The largest absolute Gasteiger partial charge is 0.496 e. The monoisotopic (exact) mass is 522 g/mol. The molecule has 4 rings (SSSR count). The van der Waals surface area contributed by atoms with Gasteiger partial charge >= 0.3 is 0 Å². The zero-order valence-corrected chi connectivity index (χ0v) is 23.6. The van der Waals surface area contributed by atoms with Gasteiger partial charge in [0, 0.05) is 50.0 Å². The van der Waals surface area contributed by atoms with Crippen LogP contribution in [-0.4, -0.2) is 60.7 Å². The van der Waals surface area contributed by atoms with Crippen molar-refractivity contribution in [3.63, 3.8) is 0 Å². The number of hydrogen-bond acceptors (Lipinski definition) is 6. The maximum Gasteiger partial charge on any atom is 0.222 e. The molecule has 208 valence electrons. The number of carbonyl (C=O) groups is 1. The molecule has 1 fully saturated rings. The molecule has 1 saturated heterocycles. The van der Waals surface area contributed by atoms with Gasteiger partial charge in [0.2, 0.25) is 5.91 Å². The molecule has 1 aromatic heterocycles. The van der Waals surface area contributed by atoms with Gasteiger partial charge in [0.1, 0.15) is 17.4 Å². The van der Waals surface area contributed by atoms with Gasteiger partial charge in [0.05, 0.1) is 32.6 Å². The number of ether oxygens (including phenoxy) is 2. The second kappa shape index (κ2) is 15.1. The number of amides is 1. The second-order valence-electron chi connectivity index (χ2n) is 10.6. The zero-order chi connectivity index (χ0) is 26.6. The van der Waals surface area contributed by atoms with E-state index in [1.54, 1.807) is 7.11 Å². The second-order valence-corrected chi connectivity index (χ2v) is 10.6. The summed E-state index contributed by atoms with van der Waals surface area (Å²) in [5.74, 6) is 2.91. The molecular weight excluding hydrogens is 476 g/mol. The summed E-state index contributed by atoms with van der Waals surface area (Å²) in [7, 11) is 1.70. The van der Waals surface area contributed by atoms with Gasteiger partial charge in [-0.25, -0.2) is 9.97 Å².